The smallest absolute Gasteiger partial charge is 0.295 e. The standard InChI is InChI=1S/C7H6N4O/c12-7-9-5-10-11(7)6-3-1-2-4-8-6/h1-5H,(H,9,10,12). The summed E-state index contributed by atoms with van der Waals surface area (Å²) in [5.74, 6) is 0.517. The van der Waals surface area contributed by atoms with Crippen LogP contribution in [0.25, 0.3) is 5.82 Å². The van der Waals surface area contributed by atoms with Crippen molar-refractivity contribution in [1.82, 2.24) is 19.7 Å². The SMILES string of the molecule is O=c1[nH]cnn1-c1ccccn1. The highest BCUT2D eigenvalue weighted by atomic mass is 16.1. The molecule has 5 nitrogen and oxygen atoms in total. The van der Waals surface area contributed by atoms with E-state index in [2.05, 4.69) is 15.1 Å². The minimum Gasteiger partial charge on any atom is -0.295 e. The van der Waals surface area contributed by atoms with Gasteiger partial charge in [0.25, 0.3) is 0 Å². The highest BCUT2D eigenvalue weighted by molar-refractivity contribution is 5.18. The van der Waals surface area contributed by atoms with Crippen molar-refractivity contribution >= 4 is 0 Å². The second-order valence-corrected chi connectivity index (χ2v) is 2.19. The molecule has 5 heteroatoms. The molecule has 2 aromatic rings. The third-order valence-electron chi connectivity index (χ3n) is 1.42. The summed E-state index contributed by atoms with van der Waals surface area (Å²) in [6.45, 7) is 0. The largest absolute Gasteiger partial charge is 0.349 e. The lowest BCUT2D eigenvalue weighted by Crippen LogP contribution is -2.16. The molecule has 0 fully saturated rings. The Morgan fingerprint density at radius 2 is 2.33 bits per heavy atom. The Hall–Kier alpha value is -1.91. The van der Waals surface area contributed by atoms with Gasteiger partial charge in [-0.15, -0.1) is 0 Å². The molecule has 0 atom stereocenters. The van der Waals surface area contributed by atoms with Gasteiger partial charge in [-0.25, -0.2) is 9.78 Å². The Balaban J connectivity index is 2.59. The zero-order valence-electron chi connectivity index (χ0n) is 6.14. The highest BCUT2D eigenvalue weighted by Crippen LogP contribution is 1.94. The van der Waals surface area contributed by atoms with E-state index in [1.165, 1.54) is 11.0 Å². The molecule has 60 valence electrons. The van der Waals surface area contributed by atoms with Crippen LogP contribution in [-0.4, -0.2) is 19.7 Å². The molecule has 0 bridgehead atoms. The van der Waals surface area contributed by atoms with Gasteiger partial charge in [0.05, 0.1) is 0 Å². The molecule has 0 saturated heterocycles. The number of nitrogens with zero attached hydrogens (tertiary/aromatic N) is 3. The Bertz CT molecular complexity index is 416. The van der Waals surface area contributed by atoms with E-state index in [0.29, 0.717) is 5.82 Å². The van der Waals surface area contributed by atoms with E-state index < -0.39 is 0 Å². The average Bonchev–Trinajstić information content (AvgIpc) is 2.53. The molecule has 0 unspecified atom stereocenters. The van der Waals surface area contributed by atoms with Gasteiger partial charge in [-0.1, -0.05) is 6.07 Å². The summed E-state index contributed by atoms with van der Waals surface area (Å²) in [4.78, 5) is 17.4. The van der Waals surface area contributed by atoms with Gasteiger partial charge in [0, 0.05) is 6.20 Å². The molecule has 0 aliphatic heterocycles. The molecule has 0 spiro atoms. The van der Waals surface area contributed by atoms with Crippen LogP contribution in [0.4, 0.5) is 0 Å². The van der Waals surface area contributed by atoms with Gasteiger partial charge in [0.15, 0.2) is 5.82 Å². The first-order chi connectivity index (χ1) is 5.88. The maximum absolute atomic E-state index is 11.0. The lowest BCUT2D eigenvalue weighted by atomic mass is 10.5. The Morgan fingerprint density at radius 1 is 1.42 bits per heavy atom. The molecular formula is C7H6N4O. The van der Waals surface area contributed by atoms with E-state index in [4.69, 9.17) is 0 Å². The topological polar surface area (TPSA) is 63.6 Å². The summed E-state index contributed by atoms with van der Waals surface area (Å²) in [6.07, 6.45) is 2.94. The number of hydrogen-bond acceptors (Lipinski definition) is 3. The van der Waals surface area contributed by atoms with Crippen molar-refractivity contribution in [2.75, 3.05) is 0 Å². The molecule has 0 radical (unpaired) electrons. The summed E-state index contributed by atoms with van der Waals surface area (Å²) in [5, 5.41) is 3.77. The van der Waals surface area contributed by atoms with Gasteiger partial charge in [-0.3, -0.25) is 4.98 Å². The van der Waals surface area contributed by atoms with Crippen molar-refractivity contribution in [3.05, 3.63) is 41.2 Å². The number of pyridine rings is 1. The average molecular weight is 162 g/mol. The Labute approximate surface area is 67.7 Å². The van der Waals surface area contributed by atoms with Crippen molar-refractivity contribution in [2.45, 2.75) is 0 Å². The van der Waals surface area contributed by atoms with Crippen LogP contribution in [-0.2, 0) is 0 Å². The molecule has 2 rings (SSSR count). The van der Waals surface area contributed by atoms with Gasteiger partial charge in [-0.2, -0.15) is 9.78 Å². The number of aromatic amines is 1. The fourth-order valence-electron chi connectivity index (χ4n) is 0.898. The molecule has 0 aromatic carbocycles. The lowest BCUT2D eigenvalue weighted by Gasteiger charge is -1.94. The predicted octanol–water partition coefficient (Wildman–Crippen LogP) is -0.0444. The van der Waals surface area contributed by atoms with Gasteiger partial charge < -0.3 is 0 Å². The molecule has 1 N–H and O–H groups in total. The fraction of sp³-hybridized carbons (Fsp3) is 0. The third-order valence-corrected chi connectivity index (χ3v) is 1.42. The first kappa shape index (κ1) is 6.78. The van der Waals surface area contributed by atoms with Gasteiger partial charge >= 0.3 is 5.69 Å². The van der Waals surface area contributed by atoms with Crippen LogP contribution in [0.2, 0.25) is 0 Å². The number of aromatic nitrogens is 4. The quantitative estimate of drug-likeness (QED) is 0.639. The number of nitrogens with one attached hydrogen (secondary N) is 1. The van der Waals surface area contributed by atoms with Gasteiger partial charge in [0.1, 0.15) is 6.33 Å². The van der Waals surface area contributed by atoms with Gasteiger partial charge in [0.2, 0.25) is 0 Å². The number of H-pyrrole nitrogens is 1. The van der Waals surface area contributed by atoms with Crippen LogP contribution in [0, 0.1) is 0 Å². The van der Waals surface area contributed by atoms with Crippen LogP contribution in [0.15, 0.2) is 35.5 Å². The van der Waals surface area contributed by atoms with Crippen molar-refractivity contribution in [3.8, 4) is 5.82 Å². The van der Waals surface area contributed by atoms with Gasteiger partial charge in [-0.05, 0) is 12.1 Å². The summed E-state index contributed by atoms with van der Waals surface area (Å²) in [5.41, 5.74) is -0.284. The zero-order chi connectivity index (χ0) is 8.39. The number of hydrogen-bond donors (Lipinski definition) is 1. The molecule has 2 heterocycles. The van der Waals surface area contributed by atoms with Crippen LogP contribution in [0.5, 0.6) is 0 Å². The molecule has 0 saturated carbocycles. The first-order valence-corrected chi connectivity index (χ1v) is 3.42. The minimum atomic E-state index is -0.284. The second kappa shape index (κ2) is 2.61. The zero-order valence-corrected chi connectivity index (χ0v) is 6.14. The maximum atomic E-state index is 11.0. The second-order valence-electron chi connectivity index (χ2n) is 2.19. The maximum Gasteiger partial charge on any atom is 0.349 e. The number of rotatable bonds is 1. The normalized spacial score (nSPS) is 10.0. The Morgan fingerprint density at radius 3 is 2.92 bits per heavy atom. The molecular weight excluding hydrogens is 156 g/mol. The van der Waals surface area contributed by atoms with E-state index in [0.717, 1.165) is 0 Å². The van der Waals surface area contributed by atoms with Crippen molar-refractivity contribution in [1.29, 1.82) is 0 Å². The van der Waals surface area contributed by atoms with E-state index in [1.807, 2.05) is 0 Å². The summed E-state index contributed by atoms with van der Waals surface area (Å²) in [6, 6.07) is 5.28. The van der Waals surface area contributed by atoms with E-state index in [9.17, 15) is 4.79 Å². The van der Waals surface area contributed by atoms with Crippen LogP contribution < -0.4 is 5.69 Å². The fourth-order valence-corrected chi connectivity index (χ4v) is 0.898. The molecule has 0 aliphatic rings. The van der Waals surface area contributed by atoms with E-state index in [-0.39, 0.29) is 5.69 Å². The predicted molar refractivity (Wildman–Crippen MR) is 42.0 cm³/mol. The van der Waals surface area contributed by atoms with Crippen molar-refractivity contribution in [3.63, 3.8) is 0 Å². The molecule has 2 aromatic heterocycles. The Kier molecular flexibility index (Phi) is 1.48. The molecule has 0 amide bonds. The minimum absolute atomic E-state index is 0.284. The van der Waals surface area contributed by atoms with Crippen LogP contribution >= 0.6 is 0 Å². The van der Waals surface area contributed by atoms with Crippen LogP contribution in [0.1, 0.15) is 0 Å². The first-order valence-electron chi connectivity index (χ1n) is 3.42. The van der Waals surface area contributed by atoms with Crippen molar-refractivity contribution in [2.24, 2.45) is 0 Å². The lowest BCUT2D eigenvalue weighted by molar-refractivity contribution is 0.813. The van der Waals surface area contributed by atoms with E-state index >= 15 is 0 Å². The summed E-state index contributed by atoms with van der Waals surface area (Å²) < 4.78 is 1.19. The third kappa shape index (κ3) is 1.01. The molecule has 12 heavy (non-hydrogen) atoms. The van der Waals surface area contributed by atoms with E-state index in [1.54, 1.807) is 24.4 Å². The molecule has 0 aliphatic carbocycles. The monoisotopic (exact) mass is 162 g/mol. The summed E-state index contributed by atoms with van der Waals surface area (Å²) >= 11 is 0. The van der Waals surface area contributed by atoms with Crippen molar-refractivity contribution < 1.29 is 0 Å². The highest BCUT2D eigenvalue weighted by Gasteiger charge is 1.99. The van der Waals surface area contributed by atoms with Crippen LogP contribution in [0.3, 0.4) is 0 Å². The summed E-state index contributed by atoms with van der Waals surface area (Å²) in [7, 11) is 0.